The molecule has 0 bridgehead atoms. The third kappa shape index (κ3) is 2.49. The highest BCUT2D eigenvalue weighted by atomic mass is 16.5. The van der Waals surface area contributed by atoms with Gasteiger partial charge in [0.05, 0.1) is 6.61 Å². The summed E-state index contributed by atoms with van der Waals surface area (Å²) in [4.78, 5) is 14.3. The number of rotatable bonds is 4. The minimum atomic E-state index is 0.448. The predicted molar refractivity (Wildman–Crippen MR) is 50.5 cm³/mol. The molecule has 0 unspecified atom stereocenters. The van der Waals surface area contributed by atoms with Crippen LogP contribution in [0.15, 0.2) is 25.0 Å². The summed E-state index contributed by atoms with van der Waals surface area (Å²) in [5, 5.41) is 0. The number of aromatic nitrogens is 1. The Bertz CT molecular complexity index is 320. The molecule has 0 saturated heterocycles. The Balaban J connectivity index is 2.88. The fourth-order valence-corrected chi connectivity index (χ4v) is 0.973. The third-order valence-corrected chi connectivity index (χ3v) is 1.62. The average Bonchev–Trinajstić information content (AvgIpc) is 2.18. The highest BCUT2D eigenvalue weighted by molar-refractivity contribution is 5.77. The second kappa shape index (κ2) is 4.52. The largest absolute Gasteiger partial charge is 0.380 e. The molecule has 0 fully saturated rings. The van der Waals surface area contributed by atoms with Crippen LogP contribution in [0.3, 0.4) is 0 Å². The van der Waals surface area contributed by atoms with E-state index in [1.807, 2.05) is 0 Å². The molecule has 0 spiro atoms. The maximum absolute atomic E-state index is 10.4. The van der Waals surface area contributed by atoms with Gasteiger partial charge in [-0.3, -0.25) is 9.78 Å². The Labute approximate surface area is 77.1 Å². The highest BCUT2D eigenvalue weighted by Gasteiger charge is 1.99. The first-order valence-electron chi connectivity index (χ1n) is 3.85. The smallest absolute Gasteiger partial charge is 0.151 e. The van der Waals surface area contributed by atoms with E-state index in [-0.39, 0.29) is 0 Å². The molecule has 0 aliphatic heterocycles. The molecule has 1 aromatic rings. The van der Waals surface area contributed by atoms with Crippen LogP contribution in [0.4, 0.5) is 0 Å². The molecular formula is C10H11NO2. The monoisotopic (exact) mass is 177 g/mol. The number of nitrogens with zero attached hydrogens (tertiary/aromatic N) is 1. The summed E-state index contributed by atoms with van der Waals surface area (Å²) in [5.74, 6) is 0. The first kappa shape index (κ1) is 9.61. The summed E-state index contributed by atoms with van der Waals surface area (Å²) in [6.45, 7) is 4.26. The van der Waals surface area contributed by atoms with Crippen LogP contribution in [0.2, 0.25) is 0 Å². The summed E-state index contributed by atoms with van der Waals surface area (Å²) in [5.41, 5.74) is 2.21. The van der Waals surface area contributed by atoms with Gasteiger partial charge in [0.25, 0.3) is 0 Å². The van der Waals surface area contributed by atoms with Crippen LogP contribution in [-0.4, -0.2) is 25.0 Å². The van der Waals surface area contributed by atoms with Gasteiger partial charge < -0.3 is 4.74 Å². The lowest BCUT2D eigenvalue weighted by Gasteiger charge is -2.03. The number of hydrogen-bond donors (Lipinski definition) is 0. The number of hydrogen-bond acceptors (Lipinski definition) is 3. The summed E-state index contributed by atoms with van der Waals surface area (Å²) >= 11 is 0. The topological polar surface area (TPSA) is 39.2 Å². The van der Waals surface area contributed by atoms with Crippen LogP contribution in [0.25, 0.3) is 5.57 Å². The van der Waals surface area contributed by atoms with Crippen LogP contribution < -0.4 is 0 Å². The second-order valence-electron chi connectivity index (χ2n) is 2.66. The van der Waals surface area contributed by atoms with Gasteiger partial charge in [-0.15, -0.1) is 0 Å². The van der Waals surface area contributed by atoms with E-state index in [0.717, 1.165) is 17.4 Å². The van der Waals surface area contributed by atoms with Crippen molar-refractivity contribution in [2.75, 3.05) is 13.7 Å². The van der Waals surface area contributed by atoms with Crippen molar-refractivity contribution in [2.24, 2.45) is 0 Å². The van der Waals surface area contributed by atoms with Crippen molar-refractivity contribution < 1.29 is 9.53 Å². The molecule has 13 heavy (non-hydrogen) atoms. The number of carbonyl (C=O) groups is 1. The molecule has 0 saturated carbocycles. The average molecular weight is 177 g/mol. The molecule has 1 heterocycles. The SMILES string of the molecule is C=C(COC)c1cncc(C=O)c1. The van der Waals surface area contributed by atoms with Gasteiger partial charge in [-0.2, -0.15) is 0 Å². The Morgan fingerprint density at radius 3 is 3.08 bits per heavy atom. The second-order valence-corrected chi connectivity index (χ2v) is 2.66. The first-order chi connectivity index (χ1) is 6.27. The quantitative estimate of drug-likeness (QED) is 0.655. The van der Waals surface area contributed by atoms with E-state index < -0.39 is 0 Å². The molecule has 0 atom stereocenters. The number of methoxy groups -OCH3 is 1. The van der Waals surface area contributed by atoms with Crippen molar-refractivity contribution >= 4 is 11.9 Å². The van der Waals surface area contributed by atoms with Crippen LogP contribution in [0.1, 0.15) is 15.9 Å². The Morgan fingerprint density at radius 2 is 2.46 bits per heavy atom. The van der Waals surface area contributed by atoms with Crippen molar-refractivity contribution in [3.05, 3.63) is 36.2 Å². The Hall–Kier alpha value is -1.48. The van der Waals surface area contributed by atoms with Gasteiger partial charge in [0.15, 0.2) is 6.29 Å². The molecule has 0 N–H and O–H groups in total. The number of ether oxygens (including phenoxy) is 1. The van der Waals surface area contributed by atoms with Crippen molar-refractivity contribution in [2.45, 2.75) is 0 Å². The zero-order valence-electron chi connectivity index (χ0n) is 7.49. The molecule has 0 aromatic carbocycles. The minimum Gasteiger partial charge on any atom is -0.380 e. The van der Waals surface area contributed by atoms with Crippen molar-refractivity contribution in [1.29, 1.82) is 0 Å². The van der Waals surface area contributed by atoms with Crippen LogP contribution in [0.5, 0.6) is 0 Å². The zero-order chi connectivity index (χ0) is 9.68. The van der Waals surface area contributed by atoms with Gasteiger partial charge in [0, 0.05) is 25.1 Å². The molecule has 0 amide bonds. The maximum atomic E-state index is 10.4. The Kier molecular flexibility index (Phi) is 3.34. The van der Waals surface area contributed by atoms with E-state index in [0.29, 0.717) is 12.2 Å². The summed E-state index contributed by atoms with van der Waals surface area (Å²) in [7, 11) is 1.60. The van der Waals surface area contributed by atoms with Gasteiger partial charge >= 0.3 is 0 Å². The van der Waals surface area contributed by atoms with Crippen molar-refractivity contribution in [3.63, 3.8) is 0 Å². The highest BCUT2D eigenvalue weighted by Crippen LogP contribution is 2.11. The van der Waals surface area contributed by atoms with Gasteiger partial charge in [-0.1, -0.05) is 6.58 Å². The van der Waals surface area contributed by atoms with Crippen molar-refractivity contribution in [3.8, 4) is 0 Å². The van der Waals surface area contributed by atoms with Crippen LogP contribution in [0, 0.1) is 0 Å². The lowest BCUT2D eigenvalue weighted by molar-refractivity contribution is 0.112. The molecular weight excluding hydrogens is 166 g/mol. The Morgan fingerprint density at radius 1 is 1.69 bits per heavy atom. The normalized spacial score (nSPS) is 9.62. The minimum absolute atomic E-state index is 0.448. The molecule has 3 heteroatoms. The fraction of sp³-hybridized carbons (Fsp3) is 0.200. The third-order valence-electron chi connectivity index (χ3n) is 1.62. The van der Waals surface area contributed by atoms with Gasteiger partial charge in [-0.05, 0) is 17.2 Å². The molecule has 0 aliphatic rings. The van der Waals surface area contributed by atoms with E-state index >= 15 is 0 Å². The standard InChI is InChI=1S/C10H11NO2/c1-8(7-13-2)10-3-9(6-12)4-11-5-10/h3-6H,1,7H2,2H3. The predicted octanol–water partition coefficient (Wildman–Crippen LogP) is 1.55. The summed E-state index contributed by atoms with van der Waals surface area (Å²) in [6, 6.07) is 1.74. The van der Waals surface area contributed by atoms with Crippen LogP contribution >= 0.6 is 0 Å². The van der Waals surface area contributed by atoms with E-state index in [1.54, 1.807) is 19.4 Å². The number of carbonyl (C=O) groups excluding carboxylic acids is 1. The number of pyridine rings is 1. The maximum Gasteiger partial charge on any atom is 0.151 e. The molecule has 3 nitrogen and oxygen atoms in total. The number of aldehydes is 1. The lowest BCUT2D eigenvalue weighted by Crippen LogP contribution is -1.94. The van der Waals surface area contributed by atoms with Crippen molar-refractivity contribution in [1.82, 2.24) is 4.98 Å². The van der Waals surface area contributed by atoms with Gasteiger partial charge in [0.1, 0.15) is 0 Å². The summed E-state index contributed by atoms with van der Waals surface area (Å²) < 4.78 is 4.92. The molecule has 0 radical (unpaired) electrons. The first-order valence-corrected chi connectivity index (χ1v) is 3.85. The molecule has 68 valence electrons. The van der Waals surface area contributed by atoms with Gasteiger partial charge in [0.2, 0.25) is 0 Å². The fourth-order valence-electron chi connectivity index (χ4n) is 0.973. The van der Waals surface area contributed by atoms with E-state index in [4.69, 9.17) is 4.74 Å². The van der Waals surface area contributed by atoms with Crippen LogP contribution in [-0.2, 0) is 4.74 Å². The molecule has 1 rings (SSSR count). The van der Waals surface area contributed by atoms with E-state index in [1.165, 1.54) is 6.20 Å². The molecule has 0 aliphatic carbocycles. The van der Waals surface area contributed by atoms with Gasteiger partial charge in [-0.25, -0.2) is 0 Å². The van der Waals surface area contributed by atoms with E-state index in [9.17, 15) is 4.79 Å². The zero-order valence-corrected chi connectivity index (χ0v) is 7.49. The lowest BCUT2D eigenvalue weighted by atomic mass is 10.1. The van der Waals surface area contributed by atoms with E-state index in [2.05, 4.69) is 11.6 Å². The molecule has 1 aromatic heterocycles. The summed E-state index contributed by atoms with van der Waals surface area (Å²) in [6.07, 6.45) is 3.93.